The molecule has 1 N–H and O–H groups in total. The van der Waals surface area contributed by atoms with Gasteiger partial charge in [0.15, 0.2) is 0 Å². The van der Waals surface area contributed by atoms with Crippen molar-refractivity contribution in [3.05, 3.63) is 0 Å². The van der Waals surface area contributed by atoms with Crippen molar-refractivity contribution >= 4 is 0 Å². The highest BCUT2D eigenvalue weighted by molar-refractivity contribution is 4.81. The second kappa shape index (κ2) is 4.24. The van der Waals surface area contributed by atoms with E-state index in [4.69, 9.17) is 0 Å². The SMILES string of the molecule is CC(C)[C@@H]1CN(C(C)C)CCN1. The summed E-state index contributed by atoms with van der Waals surface area (Å²) >= 11 is 0. The number of hydrogen-bond donors (Lipinski definition) is 1. The van der Waals surface area contributed by atoms with Crippen molar-refractivity contribution in [1.29, 1.82) is 0 Å². The first-order valence-corrected chi connectivity index (χ1v) is 5.08. The Hall–Kier alpha value is -0.0800. The van der Waals surface area contributed by atoms with Gasteiger partial charge >= 0.3 is 0 Å². The molecule has 1 saturated heterocycles. The third-order valence-electron chi connectivity index (χ3n) is 2.77. The second-order valence-electron chi connectivity index (χ2n) is 4.39. The van der Waals surface area contributed by atoms with Crippen molar-refractivity contribution in [2.75, 3.05) is 19.6 Å². The highest BCUT2D eigenvalue weighted by atomic mass is 15.2. The van der Waals surface area contributed by atoms with Gasteiger partial charge in [-0.2, -0.15) is 0 Å². The fourth-order valence-electron chi connectivity index (χ4n) is 1.72. The molecule has 0 aliphatic carbocycles. The maximum atomic E-state index is 3.56. The van der Waals surface area contributed by atoms with Gasteiger partial charge in [-0.3, -0.25) is 4.90 Å². The first kappa shape index (κ1) is 10.0. The van der Waals surface area contributed by atoms with Crippen LogP contribution in [0.5, 0.6) is 0 Å². The van der Waals surface area contributed by atoms with Gasteiger partial charge in [-0.05, 0) is 19.8 Å². The van der Waals surface area contributed by atoms with Gasteiger partial charge in [0, 0.05) is 31.7 Å². The minimum atomic E-state index is 0.696. The third-order valence-corrected chi connectivity index (χ3v) is 2.77. The molecule has 0 amide bonds. The van der Waals surface area contributed by atoms with E-state index in [-0.39, 0.29) is 0 Å². The zero-order chi connectivity index (χ0) is 9.14. The molecular weight excluding hydrogens is 148 g/mol. The summed E-state index contributed by atoms with van der Waals surface area (Å²) in [7, 11) is 0. The van der Waals surface area contributed by atoms with Crippen LogP contribution < -0.4 is 5.32 Å². The smallest absolute Gasteiger partial charge is 0.0218 e. The molecule has 1 aliphatic rings. The van der Waals surface area contributed by atoms with Crippen LogP contribution >= 0.6 is 0 Å². The van der Waals surface area contributed by atoms with Crippen molar-refractivity contribution in [2.45, 2.75) is 39.8 Å². The van der Waals surface area contributed by atoms with Crippen LogP contribution in [0.3, 0.4) is 0 Å². The Labute approximate surface area is 76.3 Å². The first-order valence-electron chi connectivity index (χ1n) is 5.08. The van der Waals surface area contributed by atoms with Gasteiger partial charge < -0.3 is 5.32 Å². The van der Waals surface area contributed by atoms with E-state index >= 15 is 0 Å². The predicted octanol–water partition coefficient (Wildman–Crippen LogP) is 1.32. The average Bonchev–Trinajstić information content (AvgIpc) is 2.04. The standard InChI is InChI=1S/C10H22N2/c1-8(2)10-7-12(9(3)4)6-5-11-10/h8-11H,5-7H2,1-4H3/t10-/m0/s1. The molecule has 1 aliphatic heterocycles. The summed E-state index contributed by atoms with van der Waals surface area (Å²) in [5.74, 6) is 0.756. The van der Waals surface area contributed by atoms with Gasteiger partial charge in [-0.15, -0.1) is 0 Å². The van der Waals surface area contributed by atoms with E-state index in [1.54, 1.807) is 0 Å². The molecule has 0 saturated carbocycles. The molecule has 0 unspecified atom stereocenters. The van der Waals surface area contributed by atoms with Gasteiger partial charge in [0.05, 0.1) is 0 Å². The third kappa shape index (κ3) is 2.46. The zero-order valence-corrected chi connectivity index (χ0v) is 8.80. The molecule has 0 aromatic rings. The predicted molar refractivity (Wildman–Crippen MR) is 53.3 cm³/mol. The van der Waals surface area contributed by atoms with Crippen molar-refractivity contribution in [1.82, 2.24) is 10.2 Å². The lowest BCUT2D eigenvalue weighted by Gasteiger charge is -2.38. The topological polar surface area (TPSA) is 15.3 Å². The van der Waals surface area contributed by atoms with Crippen LogP contribution in [0, 0.1) is 5.92 Å². The van der Waals surface area contributed by atoms with Gasteiger partial charge in [-0.25, -0.2) is 0 Å². The average molecular weight is 170 g/mol. The van der Waals surface area contributed by atoms with Crippen LogP contribution in [0.1, 0.15) is 27.7 Å². The highest BCUT2D eigenvalue weighted by Crippen LogP contribution is 2.10. The normalized spacial score (nSPS) is 27.0. The maximum absolute atomic E-state index is 3.56. The van der Waals surface area contributed by atoms with Crippen molar-refractivity contribution < 1.29 is 0 Å². The summed E-state index contributed by atoms with van der Waals surface area (Å²) in [4.78, 5) is 2.56. The highest BCUT2D eigenvalue weighted by Gasteiger charge is 2.22. The van der Waals surface area contributed by atoms with Crippen molar-refractivity contribution in [3.63, 3.8) is 0 Å². The second-order valence-corrected chi connectivity index (χ2v) is 4.39. The molecule has 0 bridgehead atoms. The summed E-state index contributed by atoms with van der Waals surface area (Å²) in [6.45, 7) is 12.7. The van der Waals surface area contributed by atoms with E-state index in [1.807, 2.05) is 0 Å². The molecule has 1 heterocycles. The van der Waals surface area contributed by atoms with Crippen LogP contribution in [-0.2, 0) is 0 Å². The molecule has 0 aromatic heterocycles. The molecule has 0 radical (unpaired) electrons. The summed E-state index contributed by atoms with van der Waals surface area (Å²) in [6.07, 6.45) is 0. The first-order chi connectivity index (χ1) is 5.61. The van der Waals surface area contributed by atoms with Gasteiger partial charge in [0.2, 0.25) is 0 Å². The lowest BCUT2D eigenvalue weighted by atomic mass is 10.0. The van der Waals surface area contributed by atoms with Crippen LogP contribution in [0.4, 0.5) is 0 Å². The number of rotatable bonds is 2. The zero-order valence-electron chi connectivity index (χ0n) is 8.80. The van der Waals surface area contributed by atoms with E-state index in [2.05, 4.69) is 37.9 Å². The maximum Gasteiger partial charge on any atom is 0.0218 e. The molecule has 2 nitrogen and oxygen atoms in total. The minimum absolute atomic E-state index is 0.696. The lowest BCUT2D eigenvalue weighted by Crippen LogP contribution is -2.54. The van der Waals surface area contributed by atoms with Gasteiger partial charge in [0.25, 0.3) is 0 Å². The summed E-state index contributed by atoms with van der Waals surface area (Å²) < 4.78 is 0. The summed E-state index contributed by atoms with van der Waals surface area (Å²) in [5.41, 5.74) is 0. The Balaban J connectivity index is 2.40. The van der Waals surface area contributed by atoms with E-state index in [0.29, 0.717) is 12.1 Å². The van der Waals surface area contributed by atoms with Crippen molar-refractivity contribution in [2.24, 2.45) is 5.92 Å². The molecular formula is C10H22N2. The molecule has 12 heavy (non-hydrogen) atoms. The van der Waals surface area contributed by atoms with Gasteiger partial charge in [0.1, 0.15) is 0 Å². The summed E-state index contributed by atoms with van der Waals surface area (Å²) in [6, 6.07) is 1.40. The largest absolute Gasteiger partial charge is 0.311 e. The molecule has 1 atom stereocenters. The Kier molecular flexibility index (Phi) is 3.53. The fourth-order valence-corrected chi connectivity index (χ4v) is 1.72. The van der Waals surface area contributed by atoms with E-state index in [0.717, 1.165) is 12.5 Å². The fraction of sp³-hybridized carbons (Fsp3) is 1.00. The lowest BCUT2D eigenvalue weighted by molar-refractivity contribution is 0.143. The molecule has 72 valence electrons. The van der Waals surface area contributed by atoms with Crippen LogP contribution in [0.25, 0.3) is 0 Å². The number of hydrogen-bond acceptors (Lipinski definition) is 2. The van der Waals surface area contributed by atoms with Crippen LogP contribution in [0.15, 0.2) is 0 Å². The van der Waals surface area contributed by atoms with Crippen LogP contribution in [-0.4, -0.2) is 36.6 Å². The molecule has 2 heteroatoms. The number of piperazine rings is 1. The van der Waals surface area contributed by atoms with Crippen LogP contribution in [0.2, 0.25) is 0 Å². The number of nitrogens with zero attached hydrogens (tertiary/aromatic N) is 1. The molecule has 1 rings (SSSR count). The Morgan fingerprint density at radius 3 is 2.42 bits per heavy atom. The molecule has 0 aromatic carbocycles. The summed E-state index contributed by atoms with van der Waals surface area (Å²) in [5, 5.41) is 3.56. The van der Waals surface area contributed by atoms with E-state index < -0.39 is 0 Å². The van der Waals surface area contributed by atoms with E-state index in [9.17, 15) is 0 Å². The Morgan fingerprint density at radius 2 is 1.92 bits per heavy atom. The molecule has 0 spiro atoms. The number of nitrogens with one attached hydrogen (secondary N) is 1. The monoisotopic (exact) mass is 170 g/mol. The van der Waals surface area contributed by atoms with Crippen molar-refractivity contribution in [3.8, 4) is 0 Å². The minimum Gasteiger partial charge on any atom is -0.311 e. The van der Waals surface area contributed by atoms with Gasteiger partial charge in [-0.1, -0.05) is 13.8 Å². The Bertz CT molecular complexity index is 118. The quantitative estimate of drug-likeness (QED) is 0.672. The van der Waals surface area contributed by atoms with E-state index in [1.165, 1.54) is 13.1 Å². The Morgan fingerprint density at radius 1 is 1.25 bits per heavy atom. The molecule has 1 fully saturated rings.